The van der Waals surface area contributed by atoms with Gasteiger partial charge < -0.3 is 19.9 Å². The zero-order chi connectivity index (χ0) is 14.9. The van der Waals surface area contributed by atoms with Crippen LogP contribution in [0.4, 0.5) is 5.95 Å². The predicted molar refractivity (Wildman–Crippen MR) is 78.3 cm³/mol. The lowest BCUT2D eigenvalue weighted by atomic mass is 9.58. The van der Waals surface area contributed by atoms with E-state index in [2.05, 4.69) is 15.3 Å². The Morgan fingerprint density at radius 2 is 2.19 bits per heavy atom. The fourth-order valence-electron chi connectivity index (χ4n) is 3.27. The summed E-state index contributed by atoms with van der Waals surface area (Å²) in [5.41, 5.74) is -0.0868. The van der Waals surface area contributed by atoms with Crippen LogP contribution in [0.1, 0.15) is 33.1 Å². The highest BCUT2D eigenvalue weighted by Gasteiger charge is 2.55. The molecule has 2 heterocycles. The molecule has 2 atom stereocenters. The molecule has 0 amide bonds. The summed E-state index contributed by atoms with van der Waals surface area (Å²) in [6.45, 7) is 5.36. The van der Waals surface area contributed by atoms with Gasteiger partial charge in [-0.2, -0.15) is 4.98 Å². The molecule has 6 heteroatoms. The SMILES string of the molecule is CC(C)Oc1ccnc(N[C@@H]2C[C@@H](O)C23CCOCC3)n1. The van der Waals surface area contributed by atoms with Crippen LogP contribution in [0.15, 0.2) is 12.3 Å². The van der Waals surface area contributed by atoms with Gasteiger partial charge in [0.25, 0.3) is 0 Å². The summed E-state index contributed by atoms with van der Waals surface area (Å²) in [7, 11) is 0. The highest BCUT2D eigenvalue weighted by molar-refractivity contribution is 5.32. The molecule has 116 valence electrons. The molecule has 1 saturated heterocycles. The van der Waals surface area contributed by atoms with Crippen molar-refractivity contribution in [3.63, 3.8) is 0 Å². The zero-order valence-corrected chi connectivity index (χ0v) is 12.6. The molecule has 0 radical (unpaired) electrons. The van der Waals surface area contributed by atoms with E-state index >= 15 is 0 Å². The second-order valence-electron chi connectivity index (χ2n) is 6.18. The van der Waals surface area contributed by atoms with E-state index in [0.29, 0.717) is 25.0 Å². The summed E-state index contributed by atoms with van der Waals surface area (Å²) in [6.07, 6.45) is 4.02. The van der Waals surface area contributed by atoms with Crippen molar-refractivity contribution in [2.75, 3.05) is 18.5 Å². The third kappa shape index (κ3) is 2.82. The molecule has 1 aromatic rings. The number of aliphatic hydroxyl groups is 1. The number of rotatable bonds is 4. The molecule has 2 N–H and O–H groups in total. The number of aromatic nitrogens is 2. The summed E-state index contributed by atoms with van der Waals surface area (Å²) in [4.78, 5) is 8.64. The van der Waals surface area contributed by atoms with Crippen LogP contribution in [0, 0.1) is 5.41 Å². The Morgan fingerprint density at radius 3 is 2.86 bits per heavy atom. The average molecular weight is 293 g/mol. The lowest BCUT2D eigenvalue weighted by Crippen LogP contribution is -2.62. The van der Waals surface area contributed by atoms with Crippen molar-refractivity contribution in [1.82, 2.24) is 9.97 Å². The minimum Gasteiger partial charge on any atom is -0.475 e. The van der Waals surface area contributed by atoms with Gasteiger partial charge in [-0.1, -0.05) is 0 Å². The van der Waals surface area contributed by atoms with Crippen LogP contribution in [0.2, 0.25) is 0 Å². The fourth-order valence-corrected chi connectivity index (χ4v) is 3.27. The van der Waals surface area contributed by atoms with Crippen LogP contribution in [0.3, 0.4) is 0 Å². The van der Waals surface area contributed by atoms with E-state index in [-0.39, 0.29) is 23.7 Å². The Balaban J connectivity index is 1.69. The number of hydrogen-bond acceptors (Lipinski definition) is 6. The standard InChI is InChI=1S/C15H23N3O3/c1-10(2)21-13-3-6-16-14(18-13)17-11-9-12(19)15(11)4-7-20-8-5-15/h3,6,10-12,19H,4-5,7-9H2,1-2H3,(H,16,17,18)/t11-,12-/m1/s1. The monoisotopic (exact) mass is 293 g/mol. The van der Waals surface area contributed by atoms with Crippen molar-refractivity contribution in [3.05, 3.63) is 12.3 Å². The highest BCUT2D eigenvalue weighted by atomic mass is 16.5. The highest BCUT2D eigenvalue weighted by Crippen LogP contribution is 2.49. The van der Waals surface area contributed by atoms with Crippen molar-refractivity contribution in [2.45, 2.75) is 51.4 Å². The van der Waals surface area contributed by atoms with Gasteiger partial charge in [0.05, 0.1) is 12.2 Å². The van der Waals surface area contributed by atoms with Gasteiger partial charge in [-0.15, -0.1) is 0 Å². The van der Waals surface area contributed by atoms with Gasteiger partial charge in [-0.25, -0.2) is 4.98 Å². The van der Waals surface area contributed by atoms with Gasteiger partial charge in [-0.3, -0.25) is 0 Å². The Bertz CT molecular complexity index is 489. The number of nitrogens with zero attached hydrogens (tertiary/aromatic N) is 2. The van der Waals surface area contributed by atoms with Crippen LogP contribution in [-0.4, -0.2) is 46.5 Å². The molecule has 1 spiro atoms. The molecule has 0 unspecified atom stereocenters. The van der Waals surface area contributed by atoms with Gasteiger partial charge in [0.15, 0.2) is 0 Å². The van der Waals surface area contributed by atoms with E-state index in [1.807, 2.05) is 13.8 Å². The average Bonchev–Trinajstić information content (AvgIpc) is 2.47. The van der Waals surface area contributed by atoms with Crippen LogP contribution in [0.5, 0.6) is 5.88 Å². The Labute approximate surface area is 124 Å². The van der Waals surface area contributed by atoms with Crippen molar-refractivity contribution in [3.8, 4) is 5.88 Å². The maximum atomic E-state index is 10.2. The van der Waals surface area contributed by atoms with Crippen LogP contribution >= 0.6 is 0 Å². The maximum absolute atomic E-state index is 10.2. The number of nitrogens with one attached hydrogen (secondary N) is 1. The van der Waals surface area contributed by atoms with Crippen LogP contribution in [0.25, 0.3) is 0 Å². The first-order chi connectivity index (χ1) is 10.1. The van der Waals surface area contributed by atoms with Crippen molar-refractivity contribution in [2.24, 2.45) is 5.41 Å². The second kappa shape index (κ2) is 5.77. The quantitative estimate of drug-likeness (QED) is 0.878. The first-order valence-corrected chi connectivity index (χ1v) is 7.62. The number of anilines is 1. The van der Waals surface area contributed by atoms with E-state index in [0.717, 1.165) is 19.3 Å². The second-order valence-corrected chi connectivity index (χ2v) is 6.18. The molecule has 1 aromatic heterocycles. The number of hydrogen-bond donors (Lipinski definition) is 2. The van der Waals surface area contributed by atoms with E-state index in [4.69, 9.17) is 9.47 Å². The zero-order valence-electron chi connectivity index (χ0n) is 12.6. The van der Waals surface area contributed by atoms with Gasteiger partial charge in [-0.05, 0) is 33.1 Å². The summed E-state index contributed by atoms with van der Waals surface area (Å²) in [5.74, 6) is 1.14. The van der Waals surface area contributed by atoms with E-state index in [1.54, 1.807) is 12.3 Å². The first kappa shape index (κ1) is 14.5. The van der Waals surface area contributed by atoms with Crippen molar-refractivity contribution >= 4 is 5.95 Å². The molecule has 3 rings (SSSR count). The lowest BCUT2D eigenvalue weighted by molar-refractivity contribution is -0.133. The summed E-state index contributed by atoms with van der Waals surface area (Å²) >= 11 is 0. The molecule has 0 aromatic carbocycles. The normalized spacial score (nSPS) is 27.4. The predicted octanol–water partition coefficient (Wildman–Crippen LogP) is 1.61. The minimum absolute atomic E-state index is 0.0834. The van der Waals surface area contributed by atoms with E-state index in [9.17, 15) is 5.11 Å². The fraction of sp³-hybridized carbons (Fsp3) is 0.733. The number of aliphatic hydroxyl groups excluding tert-OH is 1. The maximum Gasteiger partial charge on any atom is 0.226 e. The molecular formula is C15H23N3O3. The molecule has 1 saturated carbocycles. The first-order valence-electron chi connectivity index (χ1n) is 7.62. The van der Waals surface area contributed by atoms with Crippen LogP contribution in [-0.2, 0) is 4.74 Å². The van der Waals surface area contributed by atoms with Gasteiger partial charge in [0.1, 0.15) is 0 Å². The van der Waals surface area contributed by atoms with E-state index in [1.165, 1.54) is 0 Å². The smallest absolute Gasteiger partial charge is 0.226 e. The molecule has 1 aliphatic heterocycles. The van der Waals surface area contributed by atoms with Gasteiger partial charge in [0.2, 0.25) is 11.8 Å². The topological polar surface area (TPSA) is 76.5 Å². The minimum atomic E-state index is -0.256. The molecule has 6 nitrogen and oxygen atoms in total. The molecule has 21 heavy (non-hydrogen) atoms. The lowest BCUT2D eigenvalue weighted by Gasteiger charge is -2.55. The summed E-state index contributed by atoms with van der Waals surface area (Å²) in [6, 6.07) is 1.95. The third-order valence-corrected chi connectivity index (χ3v) is 4.53. The van der Waals surface area contributed by atoms with Gasteiger partial charge >= 0.3 is 0 Å². The third-order valence-electron chi connectivity index (χ3n) is 4.53. The van der Waals surface area contributed by atoms with Crippen molar-refractivity contribution < 1.29 is 14.6 Å². The Morgan fingerprint density at radius 1 is 1.43 bits per heavy atom. The molecule has 2 aliphatic rings. The molecular weight excluding hydrogens is 270 g/mol. The summed E-state index contributed by atoms with van der Waals surface area (Å²) < 4.78 is 11.0. The summed E-state index contributed by atoms with van der Waals surface area (Å²) in [5, 5.41) is 13.5. The van der Waals surface area contributed by atoms with Crippen LogP contribution < -0.4 is 10.1 Å². The van der Waals surface area contributed by atoms with Crippen molar-refractivity contribution in [1.29, 1.82) is 0 Å². The molecule has 0 bridgehead atoms. The molecule has 1 aliphatic carbocycles. The largest absolute Gasteiger partial charge is 0.475 e. The molecule has 2 fully saturated rings. The number of ether oxygens (including phenoxy) is 2. The van der Waals surface area contributed by atoms with Gasteiger partial charge in [0, 0.05) is 36.9 Å². The Kier molecular flexibility index (Phi) is 3.99. The van der Waals surface area contributed by atoms with E-state index < -0.39 is 0 Å². The Hall–Kier alpha value is -1.40.